The molecule has 18 heavy (non-hydrogen) atoms. The maximum absolute atomic E-state index is 12.3. The van der Waals surface area contributed by atoms with Crippen molar-refractivity contribution in [1.29, 1.82) is 0 Å². The largest absolute Gasteiger partial charge is 0.491 e. The zero-order chi connectivity index (χ0) is 13.2. The molecule has 0 bridgehead atoms. The quantitative estimate of drug-likeness (QED) is 0.908. The summed E-state index contributed by atoms with van der Waals surface area (Å²) in [6.45, 7) is 4.65. The van der Waals surface area contributed by atoms with Crippen molar-refractivity contribution >= 4 is 9.84 Å². The van der Waals surface area contributed by atoms with E-state index in [1.807, 2.05) is 13.8 Å². The number of benzene rings is 1. The van der Waals surface area contributed by atoms with Crippen molar-refractivity contribution in [2.45, 2.75) is 43.1 Å². The molecule has 1 aromatic rings. The van der Waals surface area contributed by atoms with E-state index in [2.05, 4.69) is 5.32 Å². The fourth-order valence-corrected chi connectivity index (χ4v) is 3.72. The molecule has 100 valence electrons. The van der Waals surface area contributed by atoms with E-state index < -0.39 is 15.2 Å². The van der Waals surface area contributed by atoms with Gasteiger partial charge in [-0.25, -0.2) is 8.42 Å². The summed E-state index contributed by atoms with van der Waals surface area (Å²) in [5.74, 6) is 0.698. The van der Waals surface area contributed by atoms with Gasteiger partial charge < -0.3 is 10.1 Å². The standard InChI is InChI=1S/C13H19NO3S/c1-10(2)17-11-5-7-12(8-6-11)18(15,16)13-4-3-9-14-13/h5-8,10,13-14H,3-4,9H2,1-2H3. The Hall–Kier alpha value is -1.07. The Morgan fingerprint density at radius 3 is 2.44 bits per heavy atom. The van der Waals surface area contributed by atoms with Crippen LogP contribution >= 0.6 is 0 Å². The summed E-state index contributed by atoms with van der Waals surface area (Å²) in [5.41, 5.74) is 0. The second-order valence-corrected chi connectivity index (χ2v) is 6.90. The van der Waals surface area contributed by atoms with Crippen LogP contribution in [0.5, 0.6) is 5.75 Å². The van der Waals surface area contributed by atoms with Gasteiger partial charge in [0.05, 0.1) is 11.0 Å². The summed E-state index contributed by atoms with van der Waals surface area (Å²) in [4.78, 5) is 0.359. The third kappa shape index (κ3) is 2.84. The van der Waals surface area contributed by atoms with Gasteiger partial charge in [-0.1, -0.05) is 0 Å². The molecule has 1 atom stereocenters. The molecule has 1 N–H and O–H groups in total. The fourth-order valence-electron chi connectivity index (χ4n) is 2.06. The molecule has 1 heterocycles. The van der Waals surface area contributed by atoms with Crippen LogP contribution in [-0.2, 0) is 9.84 Å². The smallest absolute Gasteiger partial charge is 0.194 e. The molecule has 0 spiro atoms. The summed E-state index contributed by atoms with van der Waals surface area (Å²) in [5, 5.41) is 2.59. The highest BCUT2D eigenvalue weighted by Gasteiger charge is 2.29. The lowest BCUT2D eigenvalue weighted by atomic mass is 10.3. The molecule has 0 radical (unpaired) electrons. The lowest BCUT2D eigenvalue weighted by Gasteiger charge is -2.13. The van der Waals surface area contributed by atoms with E-state index in [0.29, 0.717) is 17.1 Å². The van der Waals surface area contributed by atoms with Crippen molar-refractivity contribution in [3.8, 4) is 5.75 Å². The van der Waals surface area contributed by atoms with Gasteiger partial charge in [-0.05, 0) is 57.5 Å². The van der Waals surface area contributed by atoms with Crippen LogP contribution in [-0.4, -0.2) is 26.4 Å². The van der Waals surface area contributed by atoms with Crippen LogP contribution < -0.4 is 10.1 Å². The molecule has 4 nitrogen and oxygen atoms in total. The Bertz CT molecular complexity index is 487. The number of hydrogen-bond acceptors (Lipinski definition) is 4. The molecular formula is C13H19NO3S. The molecular weight excluding hydrogens is 250 g/mol. The Kier molecular flexibility index (Phi) is 3.92. The van der Waals surface area contributed by atoms with Crippen LogP contribution in [0.15, 0.2) is 29.2 Å². The average Bonchev–Trinajstić information content (AvgIpc) is 2.83. The number of ether oxygens (including phenoxy) is 1. The zero-order valence-corrected chi connectivity index (χ0v) is 11.5. The van der Waals surface area contributed by atoms with Gasteiger partial charge in [-0.15, -0.1) is 0 Å². The van der Waals surface area contributed by atoms with E-state index in [0.717, 1.165) is 13.0 Å². The van der Waals surface area contributed by atoms with Gasteiger partial charge >= 0.3 is 0 Å². The molecule has 0 amide bonds. The Balaban J connectivity index is 2.18. The van der Waals surface area contributed by atoms with E-state index in [1.165, 1.54) is 0 Å². The molecule has 1 fully saturated rings. The highest BCUT2D eigenvalue weighted by Crippen LogP contribution is 2.23. The van der Waals surface area contributed by atoms with Gasteiger partial charge in [-0.2, -0.15) is 0 Å². The monoisotopic (exact) mass is 269 g/mol. The normalized spacial score (nSPS) is 20.3. The number of nitrogens with one attached hydrogen (secondary N) is 1. The van der Waals surface area contributed by atoms with Crippen molar-refractivity contribution in [1.82, 2.24) is 5.32 Å². The first-order valence-electron chi connectivity index (χ1n) is 6.24. The summed E-state index contributed by atoms with van der Waals surface area (Å²) in [7, 11) is -3.25. The SMILES string of the molecule is CC(C)Oc1ccc(S(=O)(=O)C2CCCN2)cc1. The summed E-state index contributed by atoms with van der Waals surface area (Å²) < 4.78 is 30.0. The maximum atomic E-state index is 12.3. The van der Waals surface area contributed by atoms with Gasteiger partial charge in [0.1, 0.15) is 11.1 Å². The van der Waals surface area contributed by atoms with Crippen molar-refractivity contribution in [3.63, 3.8) is 0 Å². The molecule has 5 heteroatoms. The summed E-state index contributed by atoms with van der Waals surface area (Å²) in [6, 6.07) is 6.66. The maximum Gasteiger partial charge on any atom is 0.194 e. The van der Waals surface area contributed by atoms with Gasteiger partial charge in [0.2, 0.25) is 0 Å². The van der Waals surface area contributed by atoms with Crippen molar-refractivity contribution in [3.05, 3.63) is 24.3 Å². The van der Waals surface area contributed by atoms with Crippen LogP contribution in [0.3, 0.4) is 0 Å². The molecule has 1 saturated heterocycles. The molecule has 1 unspecified atom stereocenters. The first kappa shape index (κ1) is 13.4. The molecule has 0 aromatic heterocycles. The van der Waals surface area contributed by atoms with Crippen molar-refractivity contribution < 1.29 is 13.2 Å². The average molecular weight is 269 g/mol. The van der Waals surface area contributed by atoms with Crippen LogP contribution in [0.1, 0.15) is 26.7 Å². The van der Waals surface area contributed by atoms with Gasteiger partial charge in [0.25, 0.3) is 0 Å². The van der Waals surface area contributed by atoms with Gasteiger partial charge in [0, 0.05) is 0 Å². The van der Waals surface area contributed by atoms with Gasteiger partial charge in [0.15, 0.2) is 9.84 Å². The van der Waals surface area contributed by atoms with E-state index >= 15 is 0 Å². The number of hydrogen-bond donors (Lipinski definition) is 1. The molecule has 1 aliphatic heterocycles. The predicted molar refractivity (Wildman–Crippen MR) is 70.4 cm³/mol. The lowest BCUT2D eigenvalue weighted by Crippen LogP contribution is -2.30. The van der Waals surface area contributed by atoms with E-state index in [-0.39, 0.29) is 6.10 Å². The van der Waals surface area contributed by atoms with E-state index in [9.17, 15) is 8.42 Å². The van der Waals surface area contributed by atoms with Crippen LogP contribution in [0.4, 0.5) is 0 Å². The van der Waals surface area contributed by atoms with Crippen LogP contribution in [0.2, 0.25) is 0 Å². The number of rotatable bonds is 4. The third-order valence-corrected chi connectivity index (χ3v) is 4.99. The molecule has 0 aliphatic carbocycles. The van der Waals surface area contributed by atoms with Crippen molar-refractivity contribution in [2.75, 3.05) is 6.54 Å². The third-order valence-electron chi connectivity index (χ3n) is 2.91. The first-order chi connectivity index (χ1) is 8.50. The minimum absolute atomic E-state index is 0.0870. The minimum Gasteiger partial charge on any atom is -0.491 e. The van der Waals surface area contributed by atoms with Crippen molar-refractivity contribution in [2.24, 2.45) is 0 Å². The Morgan fingerprint density at radius 2 is 1.94 bits per heavy atom. The molecule has 1 aliphatic rings. The Morgan fingerprint density at radius 1 is 1.28 bits per heavy atom. The van der Waals surface area contributed by atoms with E-state index in [4.69, 9.17) is 4.74 Å². The summed E-state index contributed by atoms with van der Waals surface area (Å²) in [6.07, 6.45) is 1.69. The topological polar surface area (TPSA) is 55.4 Å². The summed E-state index contributed by atoms with van der Waals surface area (Å²) >= 11 is 0. The van der Waals surface area contributed by atoms with Crippen LogP contribution in [0.25, 0.3) is 0 Å². The molecule has 0 saturated carbocycles. The van der Waals surface area contributed by atoms with Gasteiger partial charge in [-0.3, -0.25) is 0 Å². The lowest BCUT2D eigenvalue weighted by molar-refractivity contribution is 0.242. The number of sulfone groups is 1. The molecule has 1 aromatic carbocycles. The highest BCUT2D eigenvalue weighted by molar-refractivity contribution is 7.92. The molecule has 2 rings (SSSR count). The first-order valence-corrected chi connectivity index (χ1v) is 7.79. The second-order valence-electron chi connectivity index (χ2n) is 4.77. The fraction of sp³-hybridized carbons (Fsp3) is 0.538. The minimum atomic E-state index is -3.25. The zero-order valence-electron chi connectivity index (χ0n) is 10.7. The second kappa shape index (κ2) is 5.28. The van der Waals surface area contributed by atoms with Crippen LogP contribution in [0, 0.1) is 0 Å². The predicted octanol–water partition coefficient (Wildman–Crippen LogP) is 1.96. The highest BCUT2D eigenvalue weighted by atomic mass is 32.2. The van der Waals surface area contributed by atoms with E-state index in [1.54, 1.807) is 24.3 Å². The Labute approximate surface area is 108 Å².